The third kappa shape index (κ3) is 4.94. The average molecular weight is 305 g/mol. The largest absolute Gasteiger partial charge is 0.409 e. The first kappa shape index (κ1) is 17.2. The Morgan fingerprint density at radius 2 is 1.75 bits per heavy atom. The normalized spacial score (nSPS) is 21.4. The standard InChI is InChI=1S/C13H27N3O3S/c1-12(2,3)10-20(18,19)16-13(11(14)15-17)8-6-4-5-7-9-13/h16-17H,4-10H2,1-3H3,(H2,14,15). The van der Waals surface area contributed by atoms with Gasteiger partial charge in [0.25, 0.3) is 0 Å². The second-order valence-corrected chi connectivity index (χ2v) is 8.63. The number of oxime groups is 1. The SMILES string of the molecule is CC(C)(C)CS(=O)(=O)NC1(C(N)=NO)CCCCCC1. The van der Waals surface area contributed by atoms with E-state index in [2.05, 4.69) is 9.88 Å². The van der Waals surface area contributed by atoms with E-state index in [9.17, 15) is 8.42 Å². The van der Waals surface area contributed by atoms with Gasteiger partial charge in [0.2, 0.25) is 10.0 Å². The molecule has 0 bridgehead atoms. The second-order valence-electron chi connectivity index (χ2n) is 6.90. The van der Waals surface area contributed by atoms with Gasteiger partial charge in [-0.3, -0.25) is 0 Å². The molecule has 118 valence electrons. The van der Waals surface area contributed by atoms with Crippen LogP contribution in [0.3, 0.4) is 0 Å². The van der Waals surface area contributed by atoms with Crippen molar-refractivity contribution in [2.24, 2.45) is 16.3 Å². The van der Waals surface area contributed by atoms with Crippen LogP contribution in [-0.2, 0) is 10.0 Å². The molecule has 7 heteroatoms. The smallest absolute Gasteiger partial charge is 0.213 e. The molecule has 0 heterocycles. The third-order valence-corrected chi connectivity index (χ3v) is 5.48. The minimum atomic E-state index is -3.49. The summed E-state index contributed by atoms with van der Waals surface area (Å²) in [7, 11) is -3.49. The fourth-order valence-corrected chi connectivity index (χ4v) is 4.86. The van der Waals surface area contributed by atoms with E-state index in [1.807, 2.05) is 20.8 Å². The maximum atomic E-state index is 12.3. The zero-order valence-electron chi connectivity index (χ0n) is 12.6. The van der Waals surface area contributed by atoms with E-state index in [1.54, 1.807) is 0 Å². The Morgan fingerprint density at radius 3 is 2.15 bits per heavy atom. The fraction of sp³-hybridized carbons (Fsp3) is 0.923. The monoisotopic (exact) mass is 305 g/mol. The van der Waals surface area contributed by atoms with Gasteiger partial charge in [0.15, 0.2) is 5.84 Å². The van der Waals surface area contributed by atoms with Gasteiger partial charge in [-0.25, -0.2) is 13.1 Å². The Balaban J connectivity index is 3.01. The van der Waals surface area contributed by atoms with Crippen LogP contribution >= 0.6 is 0 Å². The van der Waals surface area contributed by atoms with Crippen LogP contribution in [0.4, 0.5) is 0 Å². The van der Waals surface area contributed by atoms with Crippen molar-refractivity contribution in [1.82, 2.24) is 4.72 Å². The van der Waals surface area contributed by atoms with Gasteiger partial charge in [-0.1, -0.05) is 51.6 Å². The maximum absolute atomic E-state index is 12.3. The molecule has 1 saturated carbocycles. The van der Waals surface area contributed by atoms with Crippen LogP contribution in [0.2, 0.25) is 0 Å². The topological polar surface area (TPSA) is 105 Å². The highest BCUT2D eigenvalue weighted by Gasteiger charge is 2.40. The highest BCUT2D eigenvalue weighted by atomic mass is 32.2. The van der Waals surface area contributed by atoms with Crippen molar-refractivity contribution in [3.05, 3.63) is 0 Å². The lowest BCUT2D eigenvalue weighted by atomic mass is 9.90. The number of rotatable bonds is 4. The highest BCUT2D eigenvalue weighted by molar-refractivity contribution is 7.89. The summed E-state index contributed by atoms with van der Waals surface area (Å²) >= 11 is 0. The first-order valence-corrected chi connectivity index (χ1v) is 8.75. The van der Waals surface area contributed by atoms with Gasteiger partial charge in [-0.15, -0.1) is 0 Å². The van der Waals surface area contributed by atoms with E-state index in [1.165, 1.54) is 0 Å². The number of sulfonamides is 1. The lowest BCUT2D eigenvalue weighted by Gasteiger charge is -2.33. The van der Waals surface area contributed by atoms with Crippen LogP contribution in [-0.4, -0.2) is 30.8 Å². The molecule has 0 spiro atoms. The lowest BCUT2D eigenvalue weighted by molar-refractivity contribution is 0.305. The molecule has 0 atom stereocenters. The number of nitrogens with two attached hydrogens (primary N) is 1. The minimum Gasteiger partial charge on any atom is -0.409 e. The number of nitrogens with one attached hydrogen (secondary N) is 1. The van der Waals surface area contributed by atoms with Gasteiger partial charge in [-0.05, 0) is 18.3 Å². The van der Waals surface area contributed by atoms with Gasteiger partial charge in [-0.2, -0.15) is 0 Å². The average Bonchev–Trinajstić information content (AvgIpc) is 2.50. The molecule has 0 unspecified atom stereocenters. The van der Waals surface area contributed by atoms with Crippen LogP contribution in [0.25, 0.3) is 0 Å². The van der Waals surface area contributed by atoms with Gasteiger partial charge < -0.3 is 10.9 Å². The Bertz CT molecular complexity index is 444. The Morgan fingerprint density at radius 1 is 1.25 bits per heavy atom. The summed E-state index contributed by atoms with van der Waals surface area (Å²) in [4.78, 5) is 0. The predicted molar refractivity (Wildman–Crippen MR) is 80.2 cm³/mol. The summed E-state index contributed by atoms with van der Waals surface area (Å²) in [6.45, 7) is 5.61. The van der Waals surface area contributed by atoms with Crippen molar-refractivity contribution in [3.63, 3.8) is 0 Å². The van der Waals surface area contributed by atoms with Crippen LogP contribution in [0, 0.1) is 5.41 Å². The van der Waals surface area contributed by atoms with E-state index in [0.29, 0.717) is 12.8 Å². The Kier molecular flexibility index (Phi) is 5.43. The van der Waals surface area contributed by atoms with Crippen LogP contribution in [0.15, 0.2) is 5.16 Å². The maximum Gasteiger partial charge on any atom is 0.213 e. The Labute approximate surface area is 121 Å². The first-order valence-electron chi connectivity index (χ1n) is 7.10. The Hall–Kier alpha value is -0.820. The van der Waals surface area contributed by atoms with E-state index in [-0.39, 0.29) is 17.0 Å². The molecule has 4 N–H and O–H groups in total. The molecular weight excluding hydrogens is 278 g/mol. The van der Waals surface area contributed by atoms with Crippen LogP contribution in [0.1, 0.15) is 59.3 Å². The summed E-state index contributed by atoms with van der Waals surface area (Å²) < 4.78 is 27.4. The third-order valence-electron chi connectivity index (χ3n) is 3.53. The number of hydrogen-bond acceptors (Lipinski definition) is 4. The van der Waals surface area contributed by atoms with Crippen molar-refractivity contribution in [3.8, 4) is 0 Å². The molecule has 1 fully saturated rings. The zero-order valence-corrected chi connectivity index (χ0v) is 13.5. The minimum absolute atomic E-state index is 0.0143. The summed E-state index contributed by atoms with van der Waals surface area (Å²) in [6.07, 6.45) is 4.98. The molecule has 0 aliphatic heterocycles. The van der Waals surface area contributed by atoms with Crippen molar-refractivity contribution in [2.75, 3.05) is 5.75 Å². The van der Waals surface area contributed by atoms with Gasteiger partial charge in [0.1, 0.15) is 0 Å². The quantitative estimate of drug-likeness (QED) is 0.242. The number of nitrogens with zero attached hydrogens (tertiary/aromatic N) is 1. The molecule has 0 radical (unpaired) electrons. The van der Waals surface area contributed by atoms with E-state index < -0.39 is 15.6 Å². The summed E-state index contributed by atoms with van der Waals surface area (Å²) in [5.74, 6) is -0.0163. The van der Waals surface area contributed by atoms with Gasteiger partial charge in [0.05, 0.1) is 11.3 Å². The zero-order chi connectivity index (χ0) is 15.4. The van der Waals surface area contributed by atoms with E-state index in [0.717, 1.165) is 25.7 Å². The molecule has 20 heavy (non-hydrogen) atoms. The van der Waals surface area contributed by atoms with Crippen molar-refractivity contribution in [2.45, 2.75) is 64.8 Å². The van der Waals surface area contributed by atoms with Crippen LogP contribution in [0.5, 0.6) is 0 Å². The summed E-state index contributed by atoms with van der Waals surface area (Å²) in [5, 5.41) is 12.1. The first-order chi connectivity index (χ1) is 9.10. The number of amidine groups is 1. The molecule has 0 aromatic heterocycles. The van der Waals surface area contributed by atoms with Gasteiger partial charge in [0, 0.05) is 0 Å². The van der Waals surface area contributed by atoms with Crippen molar-refractivity contribution in [1.29, 1.82) is 0 Å². The molecule has 0 saturated heterocycles. The molecule has 0 aromatic rings. The van der Waals surface area contributed by atoms with Crippen molar-refractivity contribution >= 4 is 15.9 Å². The molecule has 0 amide bonds. The molecular formula is C13H27N3O3S. The second kappa shape index (κ2) is 6.30. The molecule has 0 aromatic carbocycles. The highest BCUT2D eigenvalue weighted by Crippen LogP contribution is 2.29. The van der Waals surface area contributed by atoms with Crippen molar-refractivity contribution < 1.29 is 13.6 Å². The molecule has 1 rings (SSSR count). The molecule has 1 aliphatic rings. The fourth-order valence-electron chi connectivity index (χ4n) is 2.74. The molecule has 6 nitrogen and oxygen atoms in total. The lowest BCUT2D eigenvalue weighted by Crippen LogP contribution is -2.58. The summed E-state index contributed by atoms with van der Waals surface area (Å²) in [5.41, 5.74) is 4.52. The summed E-state index contributed by atoms with van der Waals surface area (Å²) in [6, 6.07) is 0. The van der Waals surface area contributed by atoms with Gasteiger partial charge >= 0.3 is 0 Å². The van der Waals surface area contributed by atoms with E-state index in [4.69, 9.17) is 10.9 Å². The van der Waals surface area contributed by atoms with E-state index >= 15 is 0 Å². The van der Waals surface area contributed by atoms with Crippen LogP contribution < -0.4 is 10.5 Å². The predicted octanol–water partition coefficient (Wildman–Crippen LogP) is 1.79. The number of hydrogen-bond donors (Lipinski definition) is 3. The molecule has 1 aliphatic carbocycles.